The fraction of sp³-hybridized carbons (Fsp3) is 0.625. The van der Waals surface area contributed by atoms with E-state index in [4.69, 9.17) is 0 Å². The summed E-state index contributed by atoms with van der Waals surface area (Å²) in [5.41, 5.74) is -0.0375. The third-order valence-corrected chi connectivity index (χ3v) is 3.37. The Hall–Kier alpha value is -0.990. The Morgan fingerprint density at radius 3 is 2.05 bits per heavy atom. The molecule has 19 heavy (non-hydrogen) atoms. The van der Waals surface area contributed by atoms with Gasteiger partial charge in [-0.25, -0.2) is 0 Å². The third-order valence-electron chi connectivity index (χ3n) is 3.37. The van der Waals surface area contributed by atoms with Gasteiger partial charge in [-0.2, -0.15) is 13.2 Å². The van der Waals surface area contributed by atoms with Gasteiger partial charge in [-0.15, -0.1) is 0 Å². The number of hydrogen-bond donors (Lipinski definition) is 0. The largest absolute Gasteiger partial charge is 0.416 e. The van der Waals surface area contributed by atoms with Crippen LogP contribution in [0.15, 0.2) is 24.3 Å². The van der Waals surface area contributed by atoms with E-state index in [9.17, 15) is 13.2 Å². The summed E-state index contributed by atoms with van der Waals surface area (Å²) in [6.45, 7) is 2.17. The van der Waals surface area contributed by atoms with Crippen LogP contribution in [0, 0.1) is 0 Å². The summed E-state index contributed by atoms with van der Waals surface area (Å²) in [5.74, 6) is 0. The molecule has 0 aliphatic heterocycles. The Morgan fingerprint density at radius 2 is 1.42 bits per heavy atom. The van der Waals surface area contributed by atoms with Crippen molar-refractivity contribution >= 4 is 0 Å². The van der Waals surface area contributed by atoms with Gasteiger partial charge in [-0.1, -0.05) is 63.6 Å². The van der Waals surface area contributed by atoms with Crippen molar-refractivity contribution in [1.82, 2.24) is 0 Å². The van der Waals surface area contributed by atoms with Crippen molar-refractivity contribution in [2.24, 2.45) is 0 Å². The Bertz CT molecular complexity index is 355. The molecule has 1 rings (SSSR count). The first-order valence-corrected chi connectivity index (χ1v) is 7.20. The summed E-state index contributed by atoms with van der Waals surface area (Å²) >= 11 is 0. The molecule has 0 saturated carbocycles. The van der Waals surface area contributed by atoms with Crippen molar-refractivity contribution in [2.45, 2.75) is 64.5 Å². The minimum absolute atomic E-state index is 0.434. The summed E-state index contributed by atoms with van der Waals surface area (Å²) in [7, 11) is 0. The smallest absolute Gasteiger partial charge is 0.166 e. The number of hydrogen-bond acceptors (Lipinski definition) is 0. The summed E-state index contributed by atoms with van der Waals surface area (Å²) < 4.78 is 38.3. The lowest BCUT2D eigenvalue weighted by molar-refractivity contribution is -0.138. The summed E-state index contributed by atoms with van der Waals surface area (Å²) in [4.78, 5) is 0. The number of benzene rings is 1. The highest BCUT2D eigenvalue weighted by Crippen LogP contribution is 2.32. The SMILES string of the molecule is CCCCCCCCCc1ccccc1C(F)(F)F. The number of halogens is 3. The van der Waals surface area contributed by atoms with Crippen molar-refractivity contribution in [1.29, 1.82) is 0 Å². The van der Waals surface area contributed by atoms with Crippen molar-refractivity contribution in [3.63, 3.8) is 0 Å². The molecule has 0 heterocycles. The van der Waals surface area contributed by atoms with Crippen molar-refractivity contribution in [3.05, 3.63) is 35.4 Å². The Morgan fingerprint density at radius 1 is 0.842 bits per heavy atom. The molecule has 0 aromatic heterocycles. The molecule has 0 fully saturated rings. The average molecular weight is 272 g/mol. The highest BCUT2D eigenvalue weighted by Gasteiger charge is 2.32. The van der Waals surface area contributed by atoms with Gasteiger partial charge in [-0.05, 0) is 24.5 Å². The standard InChI is InChI=1S/C16H23F3/c1-2-3-4-5-6-7-8-11-14-12-9-10-13-15(14)16(17,18)19/h9-10,12-13H,2-8,11H2,1H3. The molecule has 0 unspecified atom stereocenters. The molecule has 0 amide bonds. The van der Waals surface area contributed by atoms with Gasteiger partial charge in [0.05, 0.1) is 5.56 Å². The second-order valence-electron chi connectivity index (χ2n) is 5.03. The van der Waals surface area contributed by atoms with Crippen LogP contribution in [0.1, 0.15) is 63.0 Å². The van der Waals surface area contributed by atoms with Gasteiger partial charge in [0, 0.05) is 0 Å². The first-order valence-electron chi connectivity index (χ1n) is 7.20. The van der Waals surface area contributed by atoms with Crippen molar-refractivity contribution in [3.8, 4) is 0 Å². The maximum absolute atomic E-state index is 12.8. The summed E-state index contributed by atoms with van der Waals surface area (Å²) in [5, 5.41) is 0. The molecule has 3 heteroatoms. The van der Waals surface area contributed by atoms with E-state index in [1.165, 1.54) is 37.8 Å². The van der Waals surface area contributed by atoms with Crippen molar-refractivity contribution in [2.75, 3.05) is 0 Å². The van der Waals surface area contributed by atoms with Crippen LogP contribution >= 0.6 is 0 Å². The zero-order valence-corrected chi connectivity index (χ0v) is 11.6. The molecule has 0 aliphatic carbocycles. The van der Waals surface area contributed by atoms with E-state index in [-0.39, 0.29) is 0 Å². The molecule has 0 radical (unpaired) electrons. The molecule has 0 aliphatic rings. The van der Waals surface area contributed by atoms with E-state index in [2.05, 4.69) is 6.92 Å². The molecule has 0 bridgehead atoms. The summed E-state index contributed by atoms with van der Waals surface area (Å²) in [6.07, 6.45) is 4.24. The zero-order chi connectivity index (χ0) is 14.1. The van der Waals surface area contributed by atoms with Gasteiger partial charge in [0.25, 0.3) is 0 Å². The molecule has 0 N–H and O–H groups in total. The summed E-state index contributed by atoms with van der Waals surface area (Å²) in [6, 6.07) is 5.92. The van der Waals surface area contributed by atoms with Gasteiger partial charge >= 0.3 is 6.18 Å². The van der Waals surface area contributed by atoms with E-state index in [0.29, 0.717) is 12.0 Å². The number of rotatable bonds is 8. The van der Waals surface area contributed by atoms with E-state index >= 15 is 0 Å². The maximum Gasteiger partial charge on any atom is 0.416 e. The van der Waals surface area contributed by atoms with Gasteiger partial charge in [-0.3, -0.25) is 0 Å². The molecule has 108 valence electrons. The van der Waals surface area contributed by atoms with E-state index in [1.54, 1.807) is 12.1 Å². The lowest BCUT2D eigenvalue weighted by Crippen LogP contribution is -2.08. The van der Waals surface area contributed by atoms with Crippen LogP contribution < -0.4 is 0 Å². The van der Waals surface area contributed by atoms with E-state index in [1.807, 2.05) is 0 Å². The molecular weight excluding hydrogens is 249 g/mol. The fourth-order valence-electron chi connectivity index (χ4n) is 2.29. The predicted octanol–water partition coefficient (Wildman–Crippen LogP) is 6.00. The molecular formula is C16H23F3. The fourth-order valence-corrected chi connectivity index (χ4v) is 2.29. The van der Waals surface area contributed by atoms with Crippen LogP contribution in [-0.4, -0.2) is 0 Å². The van der Waals surface area contributed by atoms with Crippen LogP contribution in [0.2, 0.25) is 0 Å². The highest BCUT2D eigenvalue weighted by atomic mass is 19.4. The van der Waals surface area contributed by atoms with Crippen LogP contribution in [-0.2, 0) is 12.6 Å². The first kappa shape index (κ1) is 16.1. The lowest BCUT2D eigenvalue weighted by Gasteiger charge is -2.12. The molecule has 0 saturated heterocycles. The maximum atomic E-state index is 12.8. The monoisotopic (exact) mass is 272 g/mol. The van der Waals surface area contributed by atoms with Crippen molar-refractivity contribution < 1.29 is 13.2 Å². The number of unbranched alkanes of at least 4 members (excludes halogenated alkanes) is 6. The van der Waals surface area contributed by atoms with Gasteiger partial charge in [0.15, 0.2) is 0 Å². The lowest BCUT2D eigenvalue weighted by atomic mass is 10.00. The minimum Gasteiger partial charge on any atom is -0.166 e. The van der Waals surface area contributed by atoms with Gasteiger partial charge < -0.3 is 0 Å². The topological polar surface area (TPSA) is 0 Å². The van der Waals surface area contributed by atoms with Crippen LogP contribution in [0.3, 0.4) is 0 Å². The number of aryl methyl sites for hydroxylation is 1. The van der Waals surface area contributed by atoms with Crippen LogP contribution in [0.5, 0.6) is 0 Å². The predicted molar refractivity (Wildman–Crippen MR) is 73.1 cm³/mol. The quantitative estimate of drug-likeness (QED) is 0.509. The van der Waals surface area contributed by atoms with E-state index < -0.39 is 11.7 Å². The second kappa shape index (κ2) is 8.23. The van der Waals surface area contributed by atoms with Gasteiger partial charge in [0.1, 0.15) is 0 Å². The highest BCUT2D eigenvalue weighted by molar-refractivity contribution is 5.29. The average Bonchev–Trinajstić information content (AvgIpc) is 2.37. The number of alkyl halides is 3. The van der Waals surface area contributed by atoms with Crippen LogP contribution in [0.4, 0.5) is 13.2 Å². The molecule has 0 atom stereocenters. The Labute approximate surface area is 114 Å². The normalized spacial score (nSPS) is 11.8. The Kier molecular flexibility index (Phi) is 6.96. The first-order chi connectivity index (χ1) is 9.05. The molecule has 0 nitrogen and oxygen atoms in total. The zero-order valence-electron chi connectivity index (χ0n) is 11.6. The molecule has 1 aromatic rings. The Balaban J connectivity index is 2.33. The second-order valence-corrected chi connectivity index (χ2v) is 5.03. The molecule has 0 spiro atoms. The minimum atomic E-state index is -4.22. The van der Waals surface area contributed by atoms with Crippen LogP contribution in [0.25, 0.3) is 0 Å². The third kappa shape index (κ3) is 6.13. The van der Waals surface area contributed by atoms with E-state index in [0.717, 1.165) is 19.3 Å². The molecule has 1 aromatic carbocycles. The van der Waals surface area contributed by atoms with Gasteiger partial charge in [0.2, 0.25) is 0 Å².